The van der Waals surface area contributed by atoms with Gasteiger partial charge in [-0.3, -0.25) is 0 Å². The van der Waals surface area contributed by atoms with Crippen molar-refractivity contribution in [3.05, 3.63) is 287 Å². The summed E-state index contributed by atoms with van der Waals surface area (Å²) in [4.78, 5) is 0. The van der Waals surface area contributed by atoms with Gasteiger partial charge in [-0.2, -0.15) is 0 Å². The van der Waals surface area contributed by atoms with Gasteiger partial charge in [0.2, 0.25) is 0 Å². The quantitative estimate of drug-likeness (QED) is 0.134. The van der Waals surface area contributed by atoms with Gasteiger partial charge in [-0.25, -0.2) is 0 Å². The lowest BCUT2D eigenvalue weighted by atomic mass is 9.81. The minimum Gasteiger partial charge on any atom is -0.309 e. The molecule has 0 spiro atoms. The summed E-state index contributed by atoms with van der Waals surface area (Å²) in [7, 11) is 0. The first kappa shape index (κ1) is 52.1. The molecule has 85 heavy (non-hydrogen) atoms. The van der Waals surface area contributed by atoms with Gasteiger partial charge in [0, 0.05) is 38.3 Å². The van der Waals surface area contributed by atoms with E-state index >= 15 is 0 Å². The number of rotatable bonds is 8. The predicted octanol–water partition coefficient (Wildman–Crippen LogP) is 22.8. The van der Waals surface area contributed by atoms with Crippen molar-refractivity contribution in [2.24, 2.45) is 0 Å². The Morgan fingerprint density at radius 1 is 0.294 bits per heavy atom. The molecule has 0 radical (unpaired) electrons. The summed E-state index contributed by atoms with van der Waals surface area (Å²) in [5, 5.41) is 10.0. The lowest BCUT2D eigenvalue weighted by Crippen LogP contribution is -2.15. The Balaban J connectivity index is 0.697. The van der Waals surface area contributed by atoms with Crippen LogP contribution in [0.1, 0.15) is 99.9 Å². The Labute approximate surface area is 499 Å². The van der Waals surface area contributed by atoms with Crippen LogP contribution in [0, 0.1) is 0 Å². The fourth-order valence-electron chi connectivity index (χ4n) is 13.8. The van der Waals surface area contributed by atoms with E-state index in [9.17, 15) is 0 Å². The van der Waals surface area contributed by atoms with Crippen LogP contribution < -0.4 is 0 Å². The summed E-state index contributed by atoms with van der Waals surface area (Å²) in [5.74, 6) is 0. The molecule has 0 unspecified atom stereocenters. The van der Waals surface area contributed by atoms with Gasteiger partial charge in [-0.1, -0.05) is 262 Å². The van der Waals surface area contributed by atoms with Crippen LogP contribution in [0.3, 0.4) is 0 Å². The molecule has 410 valence electrons. The Bertz CT molecular complexity index is 4750. The van der Waals surface area contributed by atoms with Crippen LogP contribution >= 0.6 is 0 Å². The van der Waals surface area contributed by atoms with Crippen molar-refractivity contribution in [1.29, 1.82) is 0 Å². The topological polar surface area (TPSA) is 9.86 Å². The summed E-state index contributed by atoms with van der Waals surface area (Å²) in [6.07, 6.45) is 9.19. The van der Waals surface area contributed by atoms with E-state index in [1.54, 1.807) is 0 Å². The largest absolute Gasteiger partial charge is 0.309 e. The zero-order valence-electron chi connectivity index (χ0n) is 49.8. The van der Waals surface area contributed by atoms with Gasteiger partial charge in [-0.15, -0.1) is 0 Å². The summed E-state index contributed by atoms with van der Waals surface area (Å²) in [6, 6.07) is 90.9. The maximum Gasteiger partial charge on any atom is 0.0541 e. The molecule has 0 fully saturated rings. The summed E-state index contributed by atoms with van der Waals surface area (Å²) in [5.41, 5.74) is 25.0. The third-order valence-electron chi connectivity index (χ3n) is 18.5. The molecule has 2 nitrogen and oxygen atoms in total. The van der Waals surface area contributed by atoms with Crippen LogP contribution in [0.5, 0.6) is 0 Å². The van der Waals surface area contributed by atoms with Crippen LogP contribution in [0.2, 0.25) is 0 Å². The molecule has 14 aromatic rings. The molecule has 0 saturated heterocycles. The first-order valence-corrected chi connectivity index (χ1v) is 30.1. The average molecular weight is 1090 g/mol. The first-order valence-electron chi connectivity index (χ1n) is 30.1. The normalized spacial score (nSPS) is 13.4. The van der Waals surface area contributed by atoms with Gasteiger partial charge < -0.3 is 9.13 Å². The maximum absolute atomic E-state index is 2.42. The van der Waals surface area contributed by atoms with Crippen molar-refractivity contribution in [3.63, 3.8) is 0 Å². The highest BCUT2D eigenvalue weighted by atomic mass is 15.0. The van der Waals surface area contributed by atoms with Crippen molar-refractivity contribution in [1.82, 2.24) is 9.13 Å². The Morgan fingerprint density at radius 2 is 0.647 bits per heavy atom. The molecule has 0 N–H and O–H groups in total. The number of para-hydroxylation sites is 2. The smallest absolute Gasteiger partial charge is 0.0541 e. The van der Waals surface area contributed by atoms with Gasteiger partial charge in [0.1, 0.15) is 0 Å². The predicted molar refractivity (Wildman–Crippen MR) is 367 cm³/mol. The van der Waals surface area contributed by atoms with Gasteiger partial charge >= 0.3 is 0 Å². The number of hydrogen-bond donors (Lipinski definition) is 0. The molecular weight excluding hydrogens is 1020 g/mol. The van der Waals surface area contributed by atoms with E-state index in [0.29, 0.717) is 0 Å². The molecule has 2 heterocycles. The number of benzene rings is 12. The molecule has 0 saturated carbocycles. The van der Waals surface area contributed by atoms with Gasteiger partial charge in [0.15, 0.2) is 0 Å². The highest BCUT2D eigenvalue weighted by Crippen LogP contribution is 2.50. The average Bonchev–Trinajstić information content (AvgIpc) is 1.76. The number of nitrogens with zero attached hydrogens (tertiary/aromatic N) is 2. The van der Waals surface area contributed by atoms with Crippen molar-refractivity contribution in [3.8, 4) is 44.8 Å². The monoisotopic (exact) mass is 1090 g/mol. The number of hydrogen-bond acceptors (Lipinski definition) is 0. The summed E-state index contributed by atoms with van der Waals surface area (Å²) < 4.78 is 4.83. The summed E-state index contributed by atoms with van der Waals surface area (Å²) >= 11 is 0. The second-order valence-electron chi connectivity index (χ2n) is 26.2. The van der Waals surface area contributed by atoms with Gasteiger partial charge in [0.25, 0.3) is 0 Å². The molecule has 2 aromatic heterocycles. The fourth-order valence-corrected chi connectivity index (χ4v) is 13.8. The van der Waals surface area contributed by atoms with E-state index in [2.05, 4.69) is 331 Å². The Hall–Kier alpha value is -9.76. The van der Waals surface area contributed by atoms with Crippen LogP contribution in [0.25, 0.3) is 134 Å². The zero-order chi connectivity index (χ0) is 57.9. The lowest BCUT2D eigenvalue weighted by Gasteiger charge is -2.22. The summed E-state index contributed by atoms with van der Waals surface area (Å²) in [6.45, 7) is 18.4. The van der Waals surface area contributed by atoms with Crippen molar-refractivity contribution >= 4 is 89.5 Å². The van der Waals surface area contributed by atoms with Crippen molar-refractivity contribution in [2.45, 2.75) is 71.6 Å². The number of aromatic nitrogens is 2. The molecular formula is C83H68N2. The van der Waals surface area contributed by atoms with Crippen LogP contribution in [-0.2, 0) is 16.2 Å². The maximum atomic E-state index is 2.42. The second kappa shape index (κ2) is 19.7. The fraction of sp³-hybridized carbons (Fsp3) is 0.133. The van der Waals surface area contributed by atoms with E-state index in [4.69, 9.17) is 0 Å². The zero-order valence-corrected chi connectivity index (χ0v) is 49.8. The highest BCUT2D eigenvalue weighted by Gasteiger charge is 2.35. The Morgan fingerprint density at radius 3 is 1.05 bits per heavy atom. The standard InChI is InChI=1S/C83H68N2/c1-81(2,3)59-35-39-61(40-36-59)84-77-23-15-13-21-71(77)73-51-57(33-47-79(73)84)65-45-31-55(63-17-9-11-19-67(63)65)29-25-53-27-43-69-70-44-28-54(50-76(70)83(7,8)75(69)49-53)26-30-56-32-46-66(68-20-12-10-18-64(56)68)58-34-48-80-74(52-58)72-22-14-16-24-78(72)85(80)62-41-37-60(38-42-62)82(4,5)6/h9-52H,1-8H3. The molecule has 0 aliphatic heterocycles. The van der Waals surface area contributed by atoms with Gasteiger partial charge in [-0.05, 0) is 171 Å². The third-order valence-corrected chi connectivity index (χ3v) is 18.5. The molecule has 0 atom stereocenters. The van der Waals surface area contributed by atoms with Crippen molar-refractivity contribution in [2.75, 3.05) is 0 Å². The molecule has 0 bridgehead atoms. The van der Waals surface area contributed by atoms with E-state index in [1.807, 2.05) is 0 Å². The van der Waals surface area contributed by atoms with E-state index < -0.39 is 0 Å². The number of fused-ring (bicyclic) bond motifs is 11. The Kier molecular flexibility index (Phi) is 12.1. The minimum absolute atomic E-state index is 0.0981. The third kappa shape index (κ3) is 8.77. The second-order valence-corrected chi connectivity index (χ2v) is 26.2. The van der Waals surface area contributed by atoms with E-state index in [1.165, 1.54) is 154 Å². The first-order chi connectivity index (χ1) is 41.2. The van der Waals surface area contributed by atoms with Gasteiger partial charge in [0.05, 0.1) is 22.1 Å². The van der Waals surface area contributed by atoms with E-state index in [-0.39, 0.29) is 16.2 Å². The molecule has 12 aromatic carbocycles. The SMILES string of the molecule is CC(C)(C)c1ccc(-n2c3ccccc3c3cc(-c4ccc(C=Cc5ccc6c(c5)C(C)(C)c5cc(C=Cc7ccc(-c8ccc9c(c8)c8ccccc8n9-c8ccc(C(C)(C)C)cc8)c8ccccc78)ccc5-6)c5ccccc45)ccc32)cc1. The van der Waals surface area contributed by atoms with Crippen molar-refractivity contribution < 1.29 is 0 Å². The lowest BCUT2D eigenvalue weighted by molar-refractivity contribution is 0.590. The molecule has 0 amide bonds. The molecule has 1 aliphatic carbocycles. The van der Waals surface area contributed by atoms with E-state index in [0.717, 1.165) is 0 Å². The van der Waals surface area contributed by atoms with Crippen LogP contribution in [0.4, 0.5) is 0 Å². The minimum atomic E-state index is -0.171. The van der Waals surface area contributed by atoms with Crippen LogP contribution in [0.15, 0.2) is 243 Å². The molecule has 15 rings (SSSR count). The van der Waals surface area contributed by atoms with Crippen LogP contribution in [-0.4, -0.2) is 9.13 Å². The molecule has 1 aliphatic rings. The molecule has 2 heteroatoms. The highest BCUT2D eigenvalue weighted by molar-refractivity contribution is 6.13.